The van der Waals surface area contributed by atoms with Crippen LogP contribution in [0.5, 0.6) is 0 Å². The number of nitro benzene ring substituents is 1. The molecule has 0 aliphatic carbocycles. The van der Waals surface area contributed by atoms with Gasteiger partial charge >= 0.3 is 0 Å². The summed E-state index contributed by atoms with van der Waals surface area (Å²) in [5, 5.41) is 14.4. The van der Waals surface area contributed by atoms with Gasteiger partial charge in [0.05, 0.1) is 22.8 Å². The van der Waals surface area contributed by atoms with Gasteiger partial charge in [-0.3, -0.25) is 29.6 Å². The average Bonchev–Trinajstić information content (AvgIpc) is 3.32. The number of halogens is 1. The number of hydrogen-bond donors (Lipinski definition) is 1. The predicted molar refractivity (Wildman–Crippen MR) is 154 cm³/mol. The molecule has 0 spiro atoms. The Morgan fingerprint density at radius 3 is 2.40 bits per heavy atom. The molecule has 0 unspecified atom stereocenters. The van der Waals surface area contributed by atoms with Gasteiger partial charge in [-0.1, -0.05) is 80.4 Å². The van der Waals surface area contributed by atoms with E-state index in [9.17, 15) is 24.5 Å². The van der Waals surface area contributed by atoms with Crippen molar-refractivity contribution in [3.63, 3.8) is 0 Å². The first-order valence-corrected chi connectivity index (χ1v) is 13.4. The molecule has 10 heteroatoms. The third kappa shape index (κ3) is 5.89. The molecular formula is C30H29ClN4O5. The summed E-state index contributed by atoms with van der Waals surface area (Å²) in [6.45, 7) is 3.78. The molecule has 0 radical (unpaired) electrons. The van der Waals surface area contributed by atoms with E-state index in [0.29, 0.717) is 29.8 Å². The molecule has 4 rings (SSSR count). The summed E-state index contributed by atoms with van der Waals surface area (Å²) in [5.74, 6) is -1.10. The van der Waals surface area contributed by atoms with Crippen LogP contribution >= 0.6 is 11.6 Å². The van der Waals surface area contributed by atoms with Gasteiger partial charge in [0.25, 0.3) is 17.2 Å². The molecule has 1 heterocycles. The van der Waals surface area contributed by atoms with Crippen molar-refractivity contribution >= 4 is 29.0 Å². The largest absolute Gasteiger partial charge is 0.331 e. The molecule has 9 nitrogen and oxygen atoms in total. The predicted octanol–water partition coefficient (Wildman–Crippen LogP) is 6.08. The highest BCUT2D eigenvalue weighted by Gasteiger charge is 2.28. The number of ketones is 1. The maximum absolute atomic E-state index is 13.8. The second-order valence-corrected chi connectivity index (χ2v) is 9.68. The molecule has 0 aliphatic heterocycles. The Balaban J connectivity index is 1.78. The summed E-state index contributed by atoms with van der Waals surface area (Å²) in [5.41, 5.74) is 1.62. The molecular weight excluding hydrogens is 532 g/mol. The van der Waals surface area contributed by atoms with Gasteiger partial charge in [-0.25, -0.2) is 4.68 Å². The molecule has 4 aromatic rings. The summed E-state index contributed by atoms with van der Waals surface area (Å²) in [7, 11) is 0. The summed E-state index contributed by atoms with van der Waals surface area (Å²) >= 11 is 5.93. The van der Waals surface area contributed by atoms with Crippen LogP contribution in [0.15, 0.2) is 77.6 Å². The number of para-hydroxylation sites is 1. The van der Waals surface area contributed by atoms with Crippen molar-refractivity contribution in [3.8, 4) is 16.9 Å². The molecule has 1 aromatic heterocycles. The highest BCUT2D eigenvalue weighted by Crippen LogP contribution is 2.27. The van der Waals surface area contributed by atoms with E-state index in [0.717, 1.165) is 18.1 Å². The monoisotopic (exact) mass is 560 g/mol. The van der Waals surface area contributed by atoms with Crippen molar-refractivity contribution < 1.29 is 14.5 Å². The number of amides is 1. The van der Waals surface area contributed by atoms with Crippen LogP contribution in [0.2, 0.25) is 5.02 Å². The summed E-state index contributed by atoms with van der Waals surface area (Å²) in [6, 6.07) is 20.3. The molecule has 0 saturated heterocycles. The number of nitrogens with zero attached hydrogens (tertiary/aromatic N) is 3. The van der Waals surface area contributed by atoms with Gasteiger partial charge in [0.1, 0.15) is 10.6 Å². The second-order valence-electron chi connectivity index (χ2n) is 9.28. The maximum atomic E-state index is 13.8. The number of aryl methyl sites for hydroxylation is 1. The van der Waals surface area contributed by atoms with Crippen molar-refractivity contribution in [2.24, 2.45) is 0 Å². The van der Waals surface area contributed by atoms with Gasteiger partial charge in [-0.05, 0) is 36.6 Å². The molecule has 206 valence electrons. The van der Waals surface area contributed by atoms with Crippen LogP contribution in [-0.2, 0) is 6.42 Å². The van der Waals surface area contributed by atoms with E-state index in [1.165, 1.54) is 21.7 Å². The van der Waals surface area contributed by atoms with Crippen LogP contribution < -0.4 is 5.56 Å². The van der Waals surface area contributed by atoms with Gasteiger partial charge in [-0.15, -0.1) is 0 Å². The number of Topliss-reactive ketones (excluding diaryl/α,β-unsaturated/α-hetero) is 1. The van der Waals surface area contributed by atoms with E-state index in [4.69, 9.17) is 11.6 Å². The molecule has 0 bridgehead atoms. The Hall–Kier alpha value is -4.50. The van der Waals surface area contributed by atoms with Gasteiger partial charge in [-0.2, -0.15) is 0 Å². The van der Waals surface area contributed by atoms with Gasteiger partial charge < -0.3 is 4.90 Å². The van der Waals surface area contributed by atoms with E-state index < -0.39 is 27.9 Å². The molecule has 40 heavy (non-hydrogen) atoms. The highest BCUT2D eigenvalue weighted by molar-refractivity contribution is 6.32. The third-order valence-electron chi connectivity index (χ3n) is 6.64. The normalized spacial score (nSPS) is 10.9. The van der Waals surface area contributed by atoms with E-state index in [1.54, 1.807) is 12.1 Å². The minimum absolute atomic E-state index is 0.0339. The maximum Gasteiger partial charge on any atom is 0.288 e. The number of rotatable bonds is 11. The molecule has 0 atom stereocenters. The second kappa shape index (κ2) is 12.6. The number of carbonyl (C=O) groups excluding carboxylic acids is 2. The SMILES string of the molecule is CCCCN(CC(=O)c1c(-c2ccccc2)[nH]n(-c2ccccc2CC)c1=O)C(=O)c1ccc(Cl)c([N+](=O)[O-])c1. The molecule has 0 saturated carbocycles. The van der Waals surface area contributed by atoms with Crippen LogP contribution in [-0.4, -0.2) is 44.4 Å². The number of nitro groups is 1. The number of carbonyl (C=O) groups is 2. The molecule has 0 fully saturated rings. The molecule has 0 aliphatic rings. The first kappa shape index (κ1) is 28.5. The minimum atomic E-state index is -0.664. The first-order chi connectivity index (χ1) is 19.3. The quantitative estimate of drug-likeness (QED) is 0.135. The van der Waals surface area contributed by atoms with Gasteiger partial charge in [0.15, 0.2) is 5.78 Å². The van der Waals surface area contributed by atoms with Gasteiger partial charge in [0.2, 0.25) is 0 Å². The Bertz CT molecular complexity index is 1610. The number of benzene rings is 3. The first-order valence-electron chi connectivity index (χ1n) is 13.0. The zero-order valence-corrected chi connectivity index (χ0v) is 23.0. The van der Waals surface area contributed by atoms with Crippen molar-refractivity contribution in [1.82, 2.24) is 14.7 Å². The number of nitrogens with one attached hydrogen (secondary N) is 1. The average molecular weight is 561 g/mol. The van der Waals surface area contributed by atoms with E-state index in [2.05, 4.69) is 5.10 Å². The lowest BCUT2D eigenvalue weighted by molar-refractivity contribution is -0.384. The van der Waals surface area contributed by atoms with Crippen molar-refractivity contribution in [3.05, 3.63) is 115 Å². The molecule has 1 N–H and O–H groups in total. The Morgan fingerprint density at radius 2 is 1.73 bits per heavy atom. The van der Waals surface area contributed by atoms with Crippen LogP contribution in [0, 0.1) is 10.1 Å². The zero-order chi connectivity index (χ0) is 28.8. The topological polar surface area (TPSA) is 118 Å². The molecule has 1 amide bonds. The lowest BCUT2D eigenvalue weighted by atomic mass is 10.0. The number of aromatic amines is 1. The van der Waals surface area contributed by atoms with Gasteiger partial charge in [0, 0.05) is 23.7 Å². The lowest BCUT2D eigenvalue weighted by Crippen LogP contribution is -2.38. The fraction of sp³-hybridized carbons (Fsp3) is 0.233. The van der Waals surface area contributed by atoms with Crippen LogP contribution in [0.3, 0.4) is 0 Å². The van der Waals surface area contributed by atoms with Crippen LogP contribution in [0.25, 0.3) is 16.9 Å². The minimum Gasteiger partial charge on any atom is -0.331 e. The number of aromatic nitrogens is 2. The fourth-order valence-electron chi connectivity index (χ4n) is 4.53. The molecule has 3 aromatic carbocycles. The van der Waals surface area contributed by atoms with Crippen molar-refractivity contribution in [1.29, 1.82) is 0 Å². The Morgan fingerprint density at radius 1 is 1.02 bits per heavy atom. The Kier molecular flexibility index (Phi) is 8.96. The van der Waals surface area contributed by atoms with Crippen LogP contribution in [0.1, 0.15) is 53.0 Å². The summed E-state index contributed by atoms with van der Waals surface area (Å²) in [6.07, 6.45) is 2.03. The number of H-pyrrole nitrogens is 1. The van der Waals surface area contributed by atoms with E-state index >= 15 is 0 Å². The van der Waals surface area contributed by atoms with E-state index in [-0.39, 0.29) is 29.2 Å². The Labute approximate surface area is 236 Å². The third-order valence-corrected chi connectivity index (χ3v) is 6.96. The summed E-state index contributed by atoms with van der Waals surface area (Å²) < 4.78 is 1.37. The van der Waals surface area contributed by atoms with Crippen molar-refractivity contribution in [2.75, 3.05) is 13.1 Å². The van der Waals surface area contributed by atoms with Crippen LogP contribution in [0.4, 0.5) is 5.69 Å². The number of unbranched alkanes of at least 4 members (excludes halogenated alkanes) is 1. The fourth-order valence-corrected chi connectivity index (χ4v) is 4.72. The standard InChI is InChI=1S/C30H29ClN4O5/c1-3-5-17-33(29(37)22-15-16-23(31)25(18-22)35(39)40)19-26(36)27-28(21-12-7-6-8-13-21)32-34(30(27)38)24-14-10-9-11-20(24)4-2/h6-16,18,32H,3-5,17,19H2,1-2H3. The number of hydrogen-bond acceptors (Lipinski definition) is 5. The van der Waals surface area contributed by atoms with Crippen molar-refractivity contribution in [2.45, 2.75) is 33.1 Å². The van der Waals surface area contributed by atoms with E-state index in [1.807, 2.05) is 56.3 Å². The smallest absolute Gasteiger partial charge is 0.288 e. The summed E-state index contributed by atoms with van der Waals surface area (Å²) in [4.78, 5) is 53.1. The zero-order valence-electron chi connectivity index (χ0n) is 22.2. The highest BCUT2D eigenvalue weighted by atomic mass is 35.5. The lowest BCUT2D eigenvalue weighted by Gasteiger charge is -2.22.